The van der Waals surface area contributed by atoms with E-state index in [0.717, 1.165) is 0 Å². The molecule has 0 unspecified atom stereocenters. The highest BCUT2D eigenvalue weighted by Crippen LogP contribution is 1.84. The van der Waals surface area contributed by atoms with Crippen LogP contribution in [-0.4, -0.2) is 9.55 Å². The molecule has 0 aromatic rings. The Morgan fingerprint density at radius 3 is 2.20 bits per heavy atom. The minimum Gasteiger partial charge on any atom is -0.198 e. The van der Waals surface area contributed by atoms with Crippen LogP contribution in [0.25, 0.3) is 0 Å². The van der Waals surface area contributed by atoms with Crippen LogP contribution < -0.4 is 0 Å². The highest BCUT2D eigenvalue weighted by atomic mass is 127. The number of thiocarbonyl (C=S) groups is 1. The zero-order valence-electron chi connectivity index (χ0n) is 2.37. The molecule has 0 saturated carbocycles. The predicted octanol–water partition coefficient (Wildman–Crippen LogP) is 1.72. The minimum absolute atomic E-state index is 0.340. The van der Waals surface area contributed by atoms with Crippen molar-refractivity contribution < 1.29 is 4.39 Å². The van der Waals surface area contributed by atoms with E-state index < -0.39 is 5.12 Å². The topological polar surface area (TPSA) is 0 Å². The Balaban J connectivity index is 2.85. The van der Waals surface area contributed by atoms with Crippen LogP contribution in [-0.2, 0) is 0 Å². The molecule has 0 nitrogen and oxygen atoms in total. The van der Waals surface area contributed by atoms with Crippen LogP contribution in [0.5, 0.6) is 0 Å². The highest BCUT2D eigenvalue weighted by Gasteiger charge is 1.79. The average molecular weight is 204 g/mol. The van der Waals surface area contributed by atoms with Crippen LogP contribution >= 0.6 is 34.8 Å². The predicted molar refractivity (Wildman–Crippen MR) is 32.6 cm³/mol. The van der Waals surface area contributed by atoms with Gasteiger partial charge in [-0.3, -0.25) is 0 Å². The normalized spacial score (nSPS) is 7.60. The number of halogens is 2. The largest absolute Gasteiger partial charge is 0.198 e. The van der Waals surface area contributed by atoms with Crippen LogP contribution in [0.15, 0.2) is 0 Å². The van der Waals surface area contributed by atoms with Gasteiger partial charge >= 0.3 is 0 Å². The summed E-state index contributed by atoms with van der Waals surface area (Å²) in [6, 6.07) is 0. The molecule has 5 heavy (non-hydrogen) atoms. The lowest BCUT2D eigenvalue weighted by atomic mass is 10.9. The zero-order valence-corrected chi connectivity index (χ0v) is 5.35. The third-order valence-electron chi connectivity index (χ3n) is 0.105. The molecule has 0 heterocycles. The van der Waals surface area contributed by atoms with E-state index >= 15 is 0 Å². The van der Waals surface area contributed by atoms with E-state index in [1.807, 2.05) is 22.6 Å². The van der Waals surface area contributed by atoms with Crippen LogP contribution in [0.1, 0.15) is 0 Å². The van der Waals surface area contributed by atoms with Gasteiger partial charge in [0.1, 0.15) is 0 Å². The second-order valence-electron chi connectivity index (χ2n) is 0.489. The Morgan fingerprint density at radius 1 is 2.00 bits per heavy atom. The van der Waals surface area contributed by atoms with Gasteiger partial charge in [-0.1, -0.05) is 34.8 Å². The summed E-state index contributed by atoms with van der Waals surface area (Å²) in [6.07, 6.45) is 0. The van der Waals surface area contributed by atoms with Crippen molar-refractivity contribution >= 4 is 39.9 Å². The van der Waals surface area contributed by atoms with E-state index in [4.69, 9.17) is 0 Å². The van der Waals surface area contributed by atoms with Crippen molar-refractivity contribution in [2.45, 2.75) is 0 Å². The Kier molecular flexibility index (Phi) is 3.40. The molecular formula is C2H2FIS. The molecule has 0 N–H and O–H groups in total. The Labute approximate surface area is 48.9 Å². The summed E-state index contributed by atoms with van der Waals surface area (Å²) < 4.78 is 11.5. The fourth-order valence-electron chi connectivity index (χ4n) is 0. The number of rotatable bonds is 1. The third-order valence-corrected chi connectivity index (χ3v) is 1.44. The Hall–Kier alpha value is 0.750. The van der Waals surface area contributed by atoms with E-state index in [-0.39, 0.29) is 0 Å². The van der Waals surface area contributed by atoms with Crippen molar-refractivity contribution in [2.75, 3.05) is 4.43 Å². The fourth-order valence-corrected chi connectivity index (χ4v) is 0. The summed E-state index contributed by atoms with van der Waals surface area (Å²) in [5.41, 5.74) is 0. The van der Waals surface area contributed by atoms with Crippen molar-refractivity contribution in [3.63, 3.8) is 0 Å². The zero-order chi connectivity index (χ0) is 4.28. The van der Waals surface area contributed by atoms with Gasteiger partial charge in [0.15, 0.2) is 5.12 Å². The van der Waals surface area contributed by atoms with Crippen LogP contribution in [0.4, 0.5) is 4.39 Å². The molecule has 0 aliphatic rings. The maximum atomic E-state index is 11.2. The number of hydrogen-bond donors (Lipinski definition) is 0. The standard InChI is InChI=1S/C2H2FIS/c3-2(5)1-4/h1H2. The van der Waals surface area contributed by atoms with E-state index in [9.17, 15) is 4.39 Å². The summed E-state index contributed by atoms with van der Waals surface area (Å²) in [4.78, 5) is 0. The lowest BCUT2D eigenvalue weighted by molar-refractivity contribution is 0.828. The summed E-state index contributed by atoms with van der Waals surface area (Å²) in [5.74, 6) is 0. The molecule has 0 aromatic carbocycles. The molecule has 0 aliphatic heterocycles. The quantitative estimate of drug-likeness (QED) is 0.271. The number of hydrogen-bond acceptors (Lipinski definition) is 1. The SMILES string of the molecule is FC(=S)CI. The van der Waals surface area contributed by atoms with Crippen molar-refractivity contribution in [1.82, 2.24) is 0 Å². The molecule has 0 aromatic heterocycles. The van der Waals surface area contributed by atoms with Gasteiger partial charge in [-0.25, -0.2) is 0 Å². The molecule has 0 spiro atoms. The first-order valence-corrected chi connectivity index (χ1v) is 2.95. The monoisotopic (exact) mass is 204 g/mol. The second kappa shape index (κ2) is 2.96. The van der Waals surface area contributed by atoms with Gasteiger partial charge in [-0.2, -0.15) is 4.39 Å². The van der Waals surface area contributed by atoms with Crippen molar-refractivity contribution in [2.24, 2.45) is 0 Å². The van der Waals surface area contributed by atoms with E-state index in [2.05, 4.69) is 12.2 Å². The molecule has 0 amide bonds. The van der Waals surface area contributed by atoms with E-state index in [1.165, 1.54) is 0 Å². The molecular weight excluding hydrogens is 202 g/mol. The van der Waals surface area contributed by atoms with Gasteiger partial charge in [0.2, 0.25) is 0 Å². The Bertz CT molecular complexity index is 44.9. The summed E-state index contributed by atoms with van der Waals surface area (Å²) >= 11 is 5.88. The summed E-state index contributed by atoms with van der Waals surface area (Å²) in [5, 5.41) is -0.425. The first kappa shape index (κ1) is 5.75. The van der Waals surface area contributed by atoms with Gasteiger partial charge in [0.25, 0.3) is 0 Å². The van der Waals surface area contributed by atoms with Gasteiger partial charge in [0, 0.05) is 0 Å². The van der Waals surface area contributed by atoms with Gasteiger partial charge in [-0.05, 0) is 0 Å². The minimum atomic E-state index is -0.425. The average Bonchev–Trinajstić information content (AvgIpc) is 1.38. The molecule has 0 atom stereocenters. The first-order valence-electron chi connectivity index (χ1n) is 1.01. The molecule has 3 heteroatoms. The molecule has 0 fully saturated rings. The van der Waals surface area contributed by atoms with Gasteiger partial charge in [-0.15, -0.1) is 0 Å². The molecule has 0 radical (unpaired) electrons. The van der Waals surface area contributed by atoms with Crippen LogP contribution in [0, 0.1) is 0 Å². The number of alkyl halides is 1. The molecule has 0 bridgehead atoms. The highest BCUT2D eigenvalue weighted by molar-refractivity contribution is 14.1. The van der Waals surface area contributed by atoms with Gasteiger partial charge < -0.3 is 0 Å². The van der Waals surface area contributed by atoms with Crippen LogP contribution in [0.3, 0.4) is 0 Å². The summed E-state index contributed by atoms with van der Waals surface area (Å²) in [6.45, 7) is 0. The smallest absolute Gasteiger partial charge is 0.172 e. The third kappa shape index (κ3) is 4.75. The van der Waals surface area contributed by atoms with Crippen molar-refractivity contribution in [1.29, 1.82) is 0 Å². The van der Waals surface area contributed by atoms with E-state index in [0.29, 0.717) is 4.43 Å². The maximum absolute atomic E-state index is 11.2. The van der Waals surface area contributed by atoms with Gasteiger partial charge in [0.05, 0.1) is 4.43 Å². The molecule has 0 rings (SSSR count). The lowest BCUT2D eigenvalue weighted by Crippen LogP contribution is -1.77. The second-order valence-corrected chi connectivity index (χ2v) is 1.69. The lowest BCUT2D eigenvalue weighted by Gasteiger charge is -1.69. The fraction of sp³-hybridized carbons (Fsp3) is 0.500. The first-order chi connectivity index (χ1) is 2.27. The van der Waals surface area contributed by atoms with Crippen LogP contribution in [0.2, 0.25) is 0 Å². The maximum Gasteiger partial charge on any atom is 0.172 e. The summed E-state index contributed by atoms with van der Waals surface area (Å²) in [7, 11) is 0. The molecule has 0 aliphatic carbocycles. The van der Waals surface area contributed by atoms with Crippen molar-refractivity contribution in [3.8, 4) is 0 Å². The van der Waals surface area contributed by atoms with E-state index in [1.54, 1.807) is 0 Å². The molecule has 30 valence electrons. The Morgan fingerprint density at radius 2 is 2.20 bits per heavy atom. The van der Waals surface area contributed by atoms with Crippen molar-refractivity contribution in [3.05, 3.63) is 0 Å². The molecule has 0 saturated heterocycles.